The summed E-state index contributed by atoms with van der Waals surface area (Å²) in [6, 6.07) is 5.61. The lowest BCUT2D eigenvalue weighted by molar-refractivity contribution is -0.274. The number of rotatable bonds is 2. The van der Waals surface area contributed by atoms with Crippen LogP contribution in [0.15, 0.2) is 28.7 Å². The summed E-state index contributed by atoms with van der Waals surface area (Å²) in [6.45, 7) is 0. The standard InChI is InChI=1S/C9H9BrF3NO/c1-15-8(14,9(11,12)13)6-3-2-4-7(10)5-6/h2-5H,14H2,1H3. The van der Waals surface area contributed by atoms with Crippen LogP contribution in [0.3, 0.4) is 0 Å². The first-order valence-electron chi connectivity index (χ1n) is 3.98. The van der Waals surface area contributed by atoms with Gasteiger partial charge in [-0.1, -0.05) is 28.1 Å². The van der Waals surface area contributed by atoms with Crippen LogP contribution < -0.4 is 5.73 Å². The van der Waals surface area contributed by atoms with Crippen LogP contribution in [0, 0.1) is 0 Å². The van der Waals surface area contributed by atoms with Gasteiger partial charge in [-0.05, 0) is 12.1 Å². The maximum absolute atomic E-state index is 12.7. The fourth-order valence-corrected chi connectivity index (χ4v) is 1.52. The van der Waals surface area contributed by atoms with Gasteiger partial charge in [0.2, 0.25) is 5.72 Å². The zero-order valence-corrected chi connectivity index (χ0v) is 9.39. The number of alkyl halides is 3. The molecule has 2 nitrogen and oxygen atoms in total. The minimum Gasteiger partial charge on any atom is -0.352 e. The van der Waals surface area contributed by atoms with Crippen molar-refractivity contribution >= 4 is 15.9 Å². The van der Waals surface area contributed by atoms with Gasteiger partial charge in [-0.15, -0.1) is 0 Å². The highest BCUT2D eigenvalue weighted by Crippen LogP contribution is 2.37. The number of halogens is 4. The summed E-state index contributed by atoms with van der Waals surface area (Å²) in [5.74, 6) is 0. The Bertz CT molecular complexity index is 355. The molecule has 1 aromatic carbocycles. The lowest BCUT2D eigenvalue weighted by atomic mass is 10.0. The molecule has 0 saturated heterocycles. The van der Waals surface area contributed by atoms with Crippen molar-refractivity contribution in [1.29, 1.82) is 0 Å². The van der Waals surface area contributed by atoms with Gasteiger partial charge in [-0.3, -0.25) is 5.73 Å². The molecule has 0 radical (unpaired) electrons. The fourth-order valence-electron chi connectivity index (χ4n) is 1.12. The van der Waals surface area contributed by atoms with Gasteiger partial charge in [0.25, 0.3) is 0 Å². The number of methoxy groups -OCH3 is 1. The lowest BCUT2D eigenvalue weighted by Crippen LogP contribution is -2.51. The van der Waals surface area contributed by atoms with Crippen LogP contribution in [0.5, 0.6) is 0 Å². The van der Waals surface area contributed by atoms with E-state index in [1.165, 1.54) is 18.2 Å². The van der Waals surface area contributed by atoms with E-state index < -0.39 is 11.9 Å². The largest absolute Gasteiger partial charge is 0.435 e. The molecule has 1 rings (SSSR count). The number of nitrogens with two attached hydrogens (primary N) is 1. The maximum atomic E-state index is 12.7. The average Bonchev–Trinajstić information content (AvgIpc) is 2.14. The molecule has 0 aliphatic carbocycles. The van der Waals surface area contributed by atoms with E-state index in [1.807, 2.05) is 0 Å². The van der Waals surface area contributed by atoms with Gasteiger partial charge >= 0.3 is 6.18 Å². The Morgan fingerprint density at radius 3 is 2.33 bits per heavy atom. The fraction of sp³-hybridized carbons (Fsp3) is 0.333. The second kappa shape index (κ2) is 4.11. The summed E-state index contributed by atoms with van der Waals surface area (Å²) in [5.41, 5.74) is 2.28. The topological polar surface area (TPSA) is 35.2 Å². The third-order valence-corrected chi connectivity index (χ3v) is 2.49. The molecule has 15 heavy (non-hydrogen) atoms. The van der Waals surface area contributed by atoms with Gasteiger partial charge in [0, 0.05) is 17.1 Å². The van der Waals surface area contributed by atoms with Crippen molar-refractivity contribution in [1.82, 2.24) is 0 Å². The van der Waals surface area contributed by atoms with Gasteiger partial charge in [0.1, 0.15) is 0 Å². The molecule has 1 aromatic rings. The molecule has 0 spiro atoms. The zero-order chi connectivity index (χ0) is 11.7. The lowest BCUT2D eigenvalue weighted by Gasteiger charge is -2.30. The number of ether oxygens (including phenoxy) is 1. The van der Waals surface area contributed by atoms with Crippen LogP contribution in [0.4, 0.5) is 13.2 Å². The van der Waals surface area contributed by atoms with Gasteiger partial charge in [0.05, 0.1) is 0 Å². The van der Waals surface area contributed by atoms with E-state index in [9.17, 15) is 13.2 Å². The Hall–Kier alpha value is -0.590. The minimum atomic E-state index is -4.66. The molecule has 2 N–H and O–H groups in total. The van der Waals surface area contributed by atoms with Crippen molar-refractivity contribution in [3.05, 3.63) is 34.3 Å². The van der Waals surface area contributed by atoms with Crippen molar-refractivity contribution in [3.8, 4) is 0 Å². The van der Waals surface area contributed by atoms with E-state index in [1.54, 1.807) is 6.07 Å². The van der Waals surface area contributed by atoms with E-state index in [-0.39, 0.29) is 5.56 Å². The van der Waals surface area contributed by atoms with Crippen LogP contribution in [-0.4, -0.2) is 13.3 Å². The summed E-state index contributed by atoms with van der Waals surface area (Å²) in [5, 5.41) is 0. The molecule has 0 heterocycles. The Morgan fingerprint density at radius 1 is 1.33 bits per heavy atom. The molecule has 6 heteroatoms. The van der Waals surface area contributed by atoms with E-state index in [0.717, 1.165) is 7.11 Å². The molecule has 0 aromatic heterocycles. The normalized spacial score (nSPS) is 16.1. The van der Waals surface area contributed by atoms with Gasteiger partial charge in [0.15, 0.2) is 0 Å². The van der Waals surface area contributed by atoms with Gasteiger partial charge < -0.3 is 4.74 Å². The van der Waals surface area contributed by atoms with Crippen LogP contribution in [0.25, 0.3) is 0 Å². The second-order valence-corrected chi connectivity index (χ2v) is 3.86. The van der Waals surface area contributed by atoms with Crippen molar-refractivity contribution < 1.29 is 17.9 Å². The summed E-state index contributed by atoms with van der Waals surface area (Å²) in [6.07, 6.45) is -4.66. The first kappa shape index (κ1) is 12.5. The van der Waals surface area contributed by atoms with E-state index >= 15 is 0 Å². The molecular weight excluding hydrogens is 275 g/mol. The molecular formula is C9H9BrF3NO. The third-order valence-electron chi connectivity index (χ3n) is 2.00. The molecule has 1 unspecified atom stereocenters. The molecule has 0 amide bonds. The summed E-state index contributed by atoms with van der Waals surface area (Å²) in [7, 11) is 0.925. The van der Waals surface area contributed by atoms with Crippen molar-refractivity contribution in [2.45, 2.75) is 11.9 Å². The predicted octanol–water partition coefficient (Wildman–Crippen LogP) is 2.77. The summed E-state index contributed by atoms with van der Waals surface area (Å²) < 4.78 is 42.9. The highest BCUT2D eigenvalue weighted by Gasteiger charge is 2.54. The molecule has 1 atom stereocenters. The van der Waals surface area contributed by atoms with Gasteiger partial charge in [-0.25, -0.2) is 0 Å². The number of benzene rings is 1. The second-order valence-electron chi connectivity index (χ2n) is 2.95. The van der Waals surface area contributed by atoms with Crippen molar-refractivity contribution in [3.63, 3.8) is 0 Å². The zero-order valence-electron chi connectivity index (χ0n) is 7.81. The molecule has 0 saturated carbocycles. The smallest absolute Gasteiger partial charge is 0.352 e. The van der Waals surface area contributed by atoms with Crippen LogP contribution in [0.2, 0.25) is 0 Å². The highest BCUT2D eigenvalue weighted by molar-refractivity contribution is 9.10. The minimum absolute atomic E-state index is 0.146. The molecule has 0 fully saturated rings. The van der Waals surface area contributed by atoms with Crippen molar-refractivity contribution in [2.24, 2.45) is 5.73 Å². The van der Waals surface area contributed by atoms with E-state index in [2.05, 4.69) is 20.7 Å². The Morgan fingerprint density at radius 2 is 1.93 bits per heavy atom. The monoisotopic (exact) mass is 283 g/mol. The van der Waals surface area contributed by atoms with Gasteiger partial charge in [-0.2, -0.15) is 13.2 Å². The molecule has 0 aliphatic rings. The number of hydrogen-bond acceptors (Lipinski definition) is 2. The molecule has 84 valence electrons. The average molecular weight is 284 g/mol. The first-order valence-corrected chi connectivity index (χ1v) is 4.77. The van der Waals surface area contributed by atoms with Crippen LogP contribution in [0.1, 0.15) is 5.56 Å². The quantitative estimate of drug-likeness (QED) is 0.847. The van der Waals surface area contributed by atoms with E-state index in [4.69, 9.17) is 5.73 Å². The summed E-state index contributed by atoms with van der Waals surface area (Å²) in [4.78, 5) is 0. The first-order chi connectivity index (χ1) is 6.81. The SMILES string of the molecule is COC(N)(c1cccc(Br)c1)C(F)(F)F. The Labute approximate surface area is 93.3 Å². The predicted molar refractivity (Wildman–Crippen MR) is 53.1 cm³/mol. The van der Waals surface area contributed by atoms with Crippen LogP contribution in [-0.2, 0) is 10.5 Å². The summed E-state index contributed by atoms with van der Waals surface area (Å²) >= 11 is 3.07. The Balaban J connectivity index is 3.23. The molecule has 0 bridgehead atoms. The Kier molecular flexibility index (Phi) is 3.42. The van der Waals surface area contributed by atoms with E-state index in [0.29, 0.717) is 4.47 Å². The van der Waals surface area contributed by atoms with Crippen LogP contribution >= 0.6 is 15.9 Å². The highest BCUT2D eigenvalue weighted by atomic mass is 79.9. The maximum Gasteiger partial charge on any atom is 0.435 e. The third kappa shape index (κ3) is 2.32. The number of hydrogen-bond donors (Lipinski definition) is 1. The molecule has 0 aliphatic heterocycles. The van der Waals surface area contributed by atoms with Crippen molar-refractivity contribution in [2.75, 3.05) is 7.11 Å².